The molecule has 0 fully saturated rings. The summed E-state index contributed by atoms with van der Waals surface area (Å²) >= 11 is 2.85. The van der Waals surface area contributed by atoms with Crippen LogP contribution in [0.5, 0.6) is 0 Å². The van der Waals surface area contributed by atoms with Gasteiger partial charge in [-0.3, -0.25) is 9.59 Å². The fourth-order valence-corrected chi connectivity index (χ4v) is 5.43. The van der Waals surface area contributed by atoms with Crippen molar-refractivity contribution in [1.29, 1.82) is 0 Å². The summed E-state index contributed by atoms with van der Waals surface area (Å²) < 4.78 is 3.01. The zero-order valence-electron chi connectivity index (χ0n) is 16.9. The molecule has 2 aromatic heterocycles. The molecule has 5 nitrogen and oxygen atoms in total. The minimum atomic E-state index is -0.368. The third-order valence-electron chi connectivity index (χ3n) is 4.88. The van der Waals surface area contributed by atoms with Crippen LogP contribution in [0.25, 0.3) is 0 Å². The van der Waals surface area contributed by atoms with Crippen molar-refractivity contribution in [3.05, 3.63) is 69.5 Å². The van der Waals surface area contributed by atoms with Gasteiger partial charge in [0, 0.05) is 28.4 Å². The summed E-state index contributed by atoms with van der Waals surface area (Å²) in [6.45, 7) is 6.77. The maximum absolute atomic E-state index is 12.8. The number of Topliss-reactive ketones (excluding diaryl/α,β-unsaturated/α-hetero) is 1. The molecular formula is C22H25N3O2S2. The number of hydrogen-bond donors (Lipinski definition) is 1. The quantitative estimate of drug-likeness (QED) is 0.412. The van der Waals surface area contributed by atoms with Crippen LogP contribution in [-0.4, -0.2) is 27.0 Å². The minimum Gasteiger partial charge on any atom is -0.369 e. The molecule has 0 saturated heterocycles. The van der Waals surface area contributed by atoms with E-state index in [0.29, 0.717) is 5.75 Å². The van der Waals surface area contributed by atoms with Crippen molar-refractivity contribution in [3.8, 4) is 0 Å². The number of amides is 1. The van der Waals surface area contributed by atoms with Gasteiger partial charge in [-0.15, -0.1) is 11.3 Å². The number of carbonyl (C=O) groups excluding carboxylic acids is 2. The molecule has 0 aliphatic carbocycles. The van der Waals surface area contributed by atoms with Crippen LogP contribution in [0.15, 0.2) is 40.7 Å². The van der Waals surface area contributed by atoms with Crippen molar-refractivity contribution in [2.45, 2.75) is 44.5 Å². The predicted octanol–water partition coefficient (Wildman–Crippen LogP) is 4.12. The van der Waals surface area contributed by atoms with Gasteiger partial charge in [-0.25, -0.2) is 4.98 Å². The van der Waals surface area contributed by atoms with Gasteiger partial charge in [0.15, 0.2) is 10.1 Å². The second-order valence-corrected chi connectivity index (χ2v) is 9.32. The number of aromatic nitrogens is 2. The van der Waals surface area contributed by atoms with Gasteiger partial charge in [0.05, 0.1) is 17.9 Å². The number of hydrogen-bond acceptors (Lipinski definition) is 5. The van der Waals surface area contributed by atoms with Gasteiger partial charge in [0.25, 0.3) is 0 Å². The minimum absolute atomic E-state index is 0.0957. The number of carbonyl (C=O) groups is 2. The van der Waals surface area contributed by atoms with Crippen molar-refractivity contribution >= 4 is 34.8 Å². The van der Waals surface area contributed by atoms with E-state index in [-0.39, 0.29) is 18.1 Å². The lowest BCUT2D eigenvalue weighted by Crippen LogP contribution is -2.13. The van der Waals surface area contributed by atoms with Crippen molar-refractivity contribution in [1.82, 2.24) is 9.55 Å². The molecule has 1 amide bonds. The summed E-state index contributed by atoms with van der Waals surface area (Å²) in [5.41, 5.74) is 10.2. The molecule has 1 aromatic carbocycles. The molecule has 3 rings (SSSR count). The molecule has 0 unspecified atom stereocenters. The molecule has 0 spiro atoms. The van der Waals surface area contributed by atoms with E-state index >= 15 is 0 Å². The third-order valence-corrected chi connectivity index (χ3v) is 7.18. The molecule has 7 heteroatoms. The van der Waals surface area contributed by atoms with Gasteiger partial charge in [-0.1, -0.05) is 42.1 Å². The molecule has 0 atom stereocenters. The first-order chi connectivity index (χ1) is 13.8. The lowest BCUT2D eigenvalue weighted by Gasteiger charge is -2.10. The number of ketones is 1. The maximum atomic E-state index is 12.8. The largest absolute Gasteiger partial charge is 0.369 e. The van der Waals surface area contributed by atoms with Gasteiger partial charge in [0.2, 0.25) is 5.91 Å². The fourth-order valence-electron chi connectivity index (χ4n) is 3.30. The highest BCUT2D eigenvalue weighted by molar-refractivity contribution is 8.01. The second-order valence-electron chi connectivity index (χ2n) is 7.02. The van der Waals surface area contributed by atoms with E-state index in [1.807, 2.05) is 45.0 Å². The lowest BCUT2D eigenvalue weighted by molar-refractivity contribution is -0.117. The second kappa shape index (κ2) is 9.41. The summed E-state index contributed by atoms with van der Waals surface area (Å²) in [5.74, 6) is 0.0528. The Kier molecular flexibility index (Phi) is 6.92. The Morgan fingerprint density at radius 2 is 1.90 bits per heavy atom. The number of thioether (sulfide) groups is 1. The van der Waals surface area contributed by atoms with Crippen molar-refractivity contribution in [3.63, 3.8) is 0 Å². The molecule has 152 valence electrons. The van der Waals surface area contributed by atoms with E-state index in [1.165, 1.54) is 28.7 Å². The molecule has 0 radical (unpaired) electrons. The molecule has 0 aliphatic rings. The van der Waals surface area contributed by atoms with Crippen LogP contribution in [0.2, 0.25) is 0 Å². The zero-order chi connectivity index (χ0) is 21.0. The summed E-state index contributed by atoms with van der Waals surface area (Å²) in [4.78, 5) is 29.3. The normalized spacial score (nSPS) is 11.0. The molecule has 2 N–H and O–H groups in total. The molecular weight excluding hydrogens is 402 g/mol. The van der Waals surface area contributed by atoms with Crippen LogP contribution in [0.4, 0.5) is 0 Å². The highest BCUT2D eigenvalue weighted by Gasteiger charge is 2.17. The Morgan fingerprint density at radius 3 is 2.59 bits per heavy atom. The summed E-state index contributed by atoms with van der Waals surface area (Å²) in [6.07, 6.45) is 1.13. The highest BCUT2D eigenvalue weighted by atomic mass is 32.2. The average Bonchev–Trinajstić information content (AvgIpc) is 3.17. The standard InChI is InChI=1S/C22H25N3O2S2/c1-14-11-18(16(3)25(14)10-9-17-7-5-4-6-8-17)19(26)13-28-22-24-15(2)20(29-22)12-21(23)27/h4-8,11H,9-10,12-13H2,1-3H3,(H2,23,27). The van der Waals surface area contributed by atoms with Gasteiger partial charge >= 0.3 is 0 Å². The Balaban J connectivity index is 1.64. The number of nitrogens with zero attached hydrogens (tertiary/aromatic N) is 2. The van der Waals surface area contributed by atoms with Crippen LogP contribution in [0.3, 0.4) is 0 Å². The lowest BCUT2D eigenvalue weighted by atomic mass is 10.1. The summed E-state index contributed by atoms with van der Waals surface area (Å²) in [7, 11) is 0. The average molecular weight is 428 g/mol. The SMILES string of the molecule is Cc1nc(SCC(=O)c2cc(C)n(CCc3ccccc3)c2C)sc1CC(N)=O. The first-order valence-electron chi connectivity index (χ1n) is 9.46. The first-order valence-corrected chi connectivity index (χ1v) is 11.3. The van der Waals surface area contributed by atoms with E-state index < -0.39 is 0 Å². The van der Waals surface area contributed by atoms with Crippen LogP contribution < -0.4 is 5.73 Å². The van der Waals surface area contributed by atoms with E-state index in [0.717, 1.165) is 44.8 Å². The number of benzene rings is 1. The number of nitrogens with two attached hydrogens (primary N) is 1. The van der Waals surface area contributed by atoms with Crippen LogP contribution >= 0.6 is 23.1 Å². The first kappa shape index (κ1) is 21.3. The number of rotatable bonds is 9. The van der Waals surface area contributed by atoms with Crippen molar-refractivity contribution in [2.75, 3.05) is 5.75 Å². The monoisotopic (exact) mass is 427 g/mol. The molecule has 0 bridgehead atoms. The van der Waals surface area contributed by atoms with Gasteiger partial charge in [-0.05, 0) is 38.8 Å². The third kappa shape index (κ3) is 5.36. The zero-order valence-corrected chi connectivity index (χ0v) is 18.5. The smallest absolute Gasteiger partial charge is 0.222 e. The highest BCUT2D eigenvalue weighted by Crippen LogP contribution is 2.28. The molecule has 0 saturated carbocycles. The van der Waals surface area contributed by atoms with E-state index in [2.05, 4.69) is 21.7 Å². The fraction of sp³-hybridized carbons (Fsp3) is 0.318. The van der Waals surface area contributed by atoms with E-state index in [9.17, 15) is 9.59 Å². The van der Waals surface area contributed by atoms with E-state index in [1.54, 1.807) is 0 Å². The van der Waals surface area contributed by atoms with Crippen molar-refractivity contribution in [2.24, 2.45) is 5.73 Å². The molecule has 3 aromatic rings. The molecule has 0 aliphatic heterocycles. The van der Waals surface area contributed by atoms with Crippen LogP contribution in [0.1, 0.15) is 37.9 Å². The van der Waals surface area contributed by atoms with Gasteiger partial charge < -0.3 is 10.3 Å². The number of thiazole rings is 1. The van der Waals surface area contributed by atoms with Crippen molar-refractivity contribution < 1.29 is 9.59 Å². The number of primary amides is 1. The van der Waals surface area contributed by atoms with Crippen LogP contribution in [0, 0.1) is 20.8 Å². The molecule has 29 heavy (non-hydrogen) atoms. The van der Waals surface area contributed by atoms with E-state index in [4.69, 9.17) is 5.73 Å². The van der Waals surface area contributed by atoms with Gasteiger partial charge in [0.1, 0.15) is 0 Å². The summed E-state index contributed by atoms with van der Waals surface area (Å²) in [5, 5.41) is 0. The van der Waals surface area contributed by atoms with Gasteiger partial charge in [-0.2, -0.15) is 0 Å². The predicted molar refractivity (Wildman–Crippen MR) is 119 cm³/mol. The topological polar surface area (TPSA) is 78.0 Å². The van der Waals surface area contributed by atoms with Crippen LogP contribution in [-0.2, 0) is 24.2 Å². The molecule has 2 heterocycles. The Labute approximate surface area is 179 Å². The Bertz CT molecular complexity index is 1020. The Hall–Kier alpha value is -2.38. The Morgan fingerprint density at radius 1 is 1.17 bits per heavy atom. The summed E-state index contributed by atoms with van der Waals surface area (Å²) in [6, 6.07) is 12.3. The maximum Gasteiger partial charge on any atom is 0.222 e. The number of aryl methyl sites for hydroxylation is 3.